The highest BCUT2D eigenvalue weighted by atomic mass is 16.5. The van der Waals surface area contributed by atoms with Crippen LogP contribution in [0.2, 0.25) is 0 Å². The number of nitrogens with zero attached hydrogens (tertiary/aromatic N) is 1. The van der Waals surface area contributed by atoms with Crippen LogP contribution in [0.15, 0.2) is 54.6 Å². The van der Waals surface area contributed by atoms with Crippen molar-refractivity contribution in [2.75, 3.05) is 44.8 Å². The number of ketones is 1. The lowest BCUT2D eigenvalue weighted by atomic mass is 10.1. The molecule has 3 rings (SSSR count). The molecule has 1 N–H and O–H groups in total. The van der Waals surface area contributed by atoms with Crippen LogP contribution in [-0.2, 0) is 9.53 Å². The van der Waals surface area contributed by atoms with E-state index in [2.05, 4.69) is 5.32 Å². The third-order valence-corrected chi connectivity index (χ3v) is 4.13. The number of morpholine rings is 1. The number of anilines is 1. The number of benzene rings is 2. The Morgan fingerprint density at radius 3 is 2.38 bits per heavy atom. The number of carbonyl (C=O) groups is 2. The summed E-state index contributed by atoms with van der Waals surface area (Å²) in [5.74, 6) is 0.609. The molecule has 1 heterocycles. The standard InChI is InChI=1S/C20H22N2O4/c23-19(16-4-2-1-3-5-16)14-21-17-6-8-18(9-7-17)26-15-20(24)22-10-12-25-13-11-22/h1-9,21H,10-15H2. The van der Waals surface area contributed by atoms with Crippen molar-refractivity contribution < 1.29 is 19.1 Å². The summed E-state index contributed by atoms with van der Waals surface area (Å²) in [6.45, 7) is 2.61. The molecular weight excluding hydrogens is 332 g/mol. The van der Waals surface area contributed by atoms with Gasteiger partial charge < -0.3 is 19.7 Å². The third-order valence-electron chi connectivity index (χ3n) is 4.13. The van der Waals surface area contributed by atoms with Gasteiger partial charge in [0.25, 0.3) is 5.91 Å². The Kier molecular flexibility index (Phi) is 6.22. The molecular formula is C20H22N2O4. The summed E-state index contributed by atoms with van der Waals surface area (Å²) in [6.07, 6.45) is 0. The summed E-state index contributed by atoms with van der Waals surface area (Å²) in [7, 11) is 0. The SMILES string of the molecule is O=C(CNc1ccc(OCC(=O)N2CCOCC2)cc1)c1ccccc1. The number of nitrogens with one attached hydrogen (secondary N) is 1. The Labute approximate surface area is 152 Å². The maximum absolute atomic E-state index is 12.1. The van der Waals surface area contributed by atoms with Crippen molar-refractivity contribution in [2.45, 2.75) is 0 Å². The van der Waals surface area contributed by atoms with Gasteiger partial charge in [0.15, 0.2) is 12.4 Å². The summed E-state index contributed by atoms with van der Waals surface area (Å²) in [6, 6.07) is 16.4. The molecule has 1 aliphatic rings. The molecule has 0 aromatic heterocycles. The molecule has 6 heteroatoms. The second-order valence-electron chi connectivity index (χ2n) is 5.95. The Hall–Kier alpha value is -2.86. The van der Waals surface area contributed by atoms with Crippen LogP contribution in [0.5, 0.6) is 5.75 Å². The highest BCUT2D eigenvalue weighted by molar-refractivity contribution is 5.98. The van der Waals surface area contributed by atoms with Gasteiger partial charge in [0.2, 0.25) is 0 Å². The molecule has 0 aliphatic carbocycles. The minimum atomic E-state index is -0.0380. The molecule has 2 aromatic carbocycles. The lowest BCUT2D eigenvalue weighted by molar-refractivity contribution is -0.137. The first-order valence-electron chi connectivity index (χ1n) is 8.63. The first kappa shape index (κ1) is 17.9. The van der Waals surface area contributed by atoms with Gasteiger partial charge in [0.05, 0.1) is 19.8 Å². The first-order valence-corrected chi connectivity index (χ1v) is 8.63. The van der Waals surface area contributed by atoms with Crippen molar-refractivity contribution in [2.24, 2.45) is 0 Å². The van der Waals surface area contributed by atoms with E-state index in [1.54, 1.807) is 29.2 Å². The topological polar surface area (TPSA) is 67.9 Å². The number of ether oxygens (including phenoxy) is 2. The Morgan fingerprint density at radius 2 is 1.69 bits per heavy atom. The maximum Gasteiger partial charge on any atom is 0.260 e. The molecule has 2 aromatic rings. The zero-order valence-electron chi connectivity index (χ0n) is 14.5. The van der Waals surface area contributed by atoms with Gasteiger partial charge in [-0.3, -0.25) is 9.59 Å². The number of rotatable bonds is 7. The summed E-state index contributed by atoms with van der Waals surface area (Å²) in [5, 5.41) is 3.09. The quantitative estimate of drug-likeness (QED) is 0.772. The third kappa shape index (κ3) is 5.07. The largest absolute Gasteiger partial charge is 0.484 e. The molecule has 0 atom stereocenters. The molecule has 0 radical (unpaired) electrons. The zero-order valence-corrected chi connectivity index (χ0v) is 14.5. The van der Waals surface area contributed by atoms with E-state index in [0.717, 1.165) is 5.69 Å². The van der Waals surface area contributed by atoms with Crippen molar-refractivity contribution >= 4 is 17.4 Å². The first-order chi connectivity index (χ1) is 12.7. The average Bonchev–Trinajstić information content (AvgIpc) is 2.72. The van der Waals surface area contributed by atoms with Crippen molar-refractivity contribution in [1.29, 1.82) is 0 Å². The molecule has 0 spiro atoms. The minimum absolute atomic E-state index is 0.0132. The van der Waals surface area contributed by atoms with Crippen LogP contribution >= 0.6 is 0 Å². The number of carbonyl (C=O) groups excluding carboxylic acids is 2. The molecule has 26 heavy (non-hydrogen) atoms. The average molecular weight is 354 g/mol. The van der Waals surface area contributed by atoms with Gasteiger partial charge in [-0.05, 0) is 24.3 Å². The molecule has 1 amide bonds. The summed E-state index contributed by atoms with van der Waals surface area (Å²) >= 11 is 0. The summed E-state index contributed by atoms with van der Waals surface area (Å²) in [5.41, 5.74) is 1.50. The van der Waals surface area contributed by atoms with Gasteiger partial charge in [-0.2, -0.15) is 0 Å². The lowest BCUT2D eigenvalue weighted by Crippen LogP contribution is -2.42. The smallest absolute Gasteiger partial charge is 0.260 e. The van der Waals surface area contributed by atoms with Crippen LogP contribution in [0.25, 0.3) is 0 Å². The van der Waals surface area contributed by atoms with Crippen LogP contribution in [0, 0.1) is 0 Å². The molecule has 1 saturated heterocycles. The van der Waals surface area contributed by atoms with Crippen molar-refractivity contribution in [1.82, 2.24) is 4.90 Å². The number of hydrogen-bond acceptors (Lipinski definition) is 5. The van der Waals surface area contributed by atoms with Crippen molar-refractivity contribution in [3.63, 3.8) is 0 Å². The molecule has 1 fully saturated rings. The molecule has 0 unspecified atom stereocenters. The second kappa shape index (κ2) is 9.01. The van der Waals surface area contributed by atoms with Gasteiger partial charge in [0.1, 0.15) is 5.75 Å². The molecule has 0 saturated carbocycles. The van der Waals surface area contributed by atoms with Gasteiger partial charge in [0, 0.05) is 24.3 Å². The Balaban J connectivity index is 1.44. The van der Waals surface area contributed by atoms with Crippen LogP contribution in [0.4, 0.5) is 5.69 Å². The second-order valence-corrected chi connectivity index (χ2v) is 5.95. The van der Waals surface area contributed by atoms with Crippen molar-refractivity contribution in [3.8, 4) is 5.75 Å². The van der Waals surface area contributed by atoms with E-state index in [1.807, 2.05) is 30.3 Å². The normalized spacial score (nSPS) is 13.9. The highest BCUT2D eigenvalue weighted by Gasteiger charge is 2.17. The number of hydrogen-bond donors (Lipinski definition) is 1. The van der Waals surface area contributed by atoms with Crippen LogP contribution in [-0.4, -0.2) is 56.0 Å². The van der Waals surface area contributed by atoms with E-state index >= 15 is 0 Å². The van der Waals surface area contributed by atoms with Gasteiger partial charge in [-0.1, -0.05) is 30.3 Å². The lowest BCUT2D eigenvalue weighted by Gasteiger charge is -2.26. The number of Topliss-reactive ketones (excluding diaryl/α,β-unsaturated/α-hetero) is 1. The van der Waals surface area contributed by atoms with Gasteiger partial charge in [-0.25, -0.2) is 0 Å². The fourth-order valence-electron chi connectivity index (χ4n) is 2.63. The van der Waals surface area contributed by atoms with E-state index in [0.29, 0.717) is 37.6 Å². The van der Waals surface area contributed by atoms with E-state index in [-0.39, 0.29) is 24.8 Å². The summed E-state index contributed by atoms with van der Waals surface area (Å²) < 4.78 is 10.8. The van der Waals surface area contributed by atoms with E-state index in [9.17, 15) is 9.59 Å². The fraction of sp³-hybridized carbons (Fsp3) is 0.300. The highest BCUT2D eigenvalue weighted by Crippen LogP contribution is 2.16. The van der Waals surface area contributed by atoms with E-state index in [1.165, 1.54) is 0 Å². The summed E-state index contributed by atoms with van der Waals surface area (Å²) in [4.78, 5) is 25.9. The Morgan fingerprint density at radius 1 is 1.00 bits per heavy atom. The predicted molar refractivity (Wildman–Crippen MR) is 98.6 cm³/mol. The van der Waals surface area contributed by atoms with Crippen LogP contribution in [0.1, 0.15) is 10.4 Å². The van der Waals surface area contributed by atoms with Crippen LogP contribution < -0.4 is 10.1 Å². The van der Waals surface area contributed by atoms with Gasteiger partial charge >= 0.3 is 0 Å². The Bertz CT molecular complexity index is 725. The minimum Gasteiger partial charge on any atom is -0.484 e. The van der Waals surface area contributed by atoms with Gasteiger partial charge in [-0.15, -0.1) is 0 Å². The fourth-order valence-corrected chi connectivity index (χ4v) is 2.63. The molecule has 136 valence electrons. The van der Waals surface area contributed by atoms with E-state index < -0.39 is 0 Å². The van der Waals surface area contributed by atoms with E-state index in [4.69, 9.17) is 9.47 Å². The zero-order chi connectivity index (χ0) is 18.2. The number of amides is 1. The molecule has 0 bridgehead atoms. The monoisotopic (exact) mass is 354 g/mol. The van der Waals surface area contributed by atoms with Crippen molar-refractivity contribution in [3.05, 3.63) is 60.2 Å². The molecule has 6 nitrogen and oxygen atoms in total. The predicted octanol–water partition coefficient (Wildman–Crippen LogP) is 2.22. The van der Waals surface area contributed by atoms with Crippen LogP contribution in [0.3, 0.4) is 0 Å². The maximum atomic E-state index is 12.1. The molecule has 1 aliphatic heterocycles.